The van der Waals surface area contributed by atoms with Crippen LogP contribution in [0, 0.1) is 17.0 Å². The van der Waals surface area contributed by atoms with Crippen molar-refractivity contribution >= 4 is 16.6 Å². The maximum Gasteiger partial charge on any atom is 0.274 e. The molecule has 0 unspecified atom stereocenters. The van der Waals surface area contributed by atoms with Crippen molar-refractivity contribution in [2.24, 2.45) is 0 Å². The zero-order valence-corrected chi connectivity index (χ0v) is 6.85. The molecule has 2 aromatic rings. The van der Waals surface area contributed by atoms with Crippen molar-refractivity contribution in [1.29, 1.82) is 0 Å². The van der Waals surface area contributed by atoms with Crippen molar-refractivity contribution < 1.29 is 9.45 Å². The summed E-state index contributed by atoms with van der Waals surface area (Å²) in [6.07, 6.45) is 1.46. The summed E-state index contributed by atoms with van der Waals surface area (Å²) in [5, 5.41) is 15.0. The van der Waals surface area contributed by atoms with E-state index in [-0.39, 0.29) is 5.69 Å². The van der Waals surface area contributed by atoms with Gasteiger partial charge in [0.25, 0.3) is 5.69 Å². The molecule has 5 nitrogen and oxygen atoms in total. The van der Waals surface area contributed by atoms with Crippen LogP contribution >= 0.6 is 0 Å². The highest BCUT2D eigenvalue weighted by Crippen LogP contribution is 2.25. The fraction of sp³-hybridized carbons (Fsp3) is 0.125. The lowest BCUT2D eigenvalue weighted by molar-refractivity contribution is -0.385. The van der Waals surface area contributed by atoms with Gasteiger partial charge >= 0.3 is 0 Å². The minimum absolute atomic E-state index is 0.0707. The molecule has 0 radical (unpaired) electrons. The second kappa shape index (κ2) is 2.55. The van der Waals surface area contributed by atoms with Crippen molar-refractivity contribution in [3.05, 3.63) is 34.1 Å². The highest BCUT2D eigenvalue weighted by molar-refractivity contribution is 5.83. The third-order valence-corrected chi connectivity index (χ3v) is 1.95. The lowest BCUT2D eigenvalue weighted by atomic mass is 10.1. The van der Waals surface area contributed by atoms with Crippen LogP contribution in [0.2, 0.25) is 0 Å². The molecule has 0 fully saturated rings. The Balaban J connectivity index is 2.80. The van der Waals surface area contributed by atoms with Gasteiger partial charge in [0.05, 0.1) is 10.5 Å². The van der Waals surface area contributed by atoms with Crippen LogP contribution in [0.1, 0.15) is 5.56 Å². The third-order valence-electron chi connectivity index (χ3n) is 1.95. The molecule has 66 valence electrons. The highest BCUT2D eigenvalue weighted by atomic mass is 16.6. The first-order chi connectivity index (χ1) is 6.20. The molecular weight excluding hydrogens is 172 g/mol. The van der Waals surface area contributed by atoms with E-state index < -0.39 is 4.92 Å². The molecule has 1 heterocycles. The molecule has 0 aliphatic rings. The predicted octanol–water partition coefficient (Wildman–Crippen LogP) is 2.04. The number of fused-ring (bicyclic) bond motifs is 1. The number of nitrogens with zero attached hydrogens (tertiary/aromatic N) is 2. The largest absolute Gasteiger partial charge is 0.363 e. The number of aromatic nitrogens is 1. The van der Waals surface area contributed by atoms with Gasteiger partial charge in [0, 0.05) is 11.5 Å². The van der Waals surface area contributed by atoms with E-state index in [1.807, 2.05) is 0 Å². The van der Waals surface area contributed by atoms with E-state index in [1.54, 1.807) is 13.0 Å². The van der Waals surface area contributed by atoms with Crippen molar-refractivity contribution in [3.8, 4) is 0 Å². The monoisotopic (exact) mass is 178 g/mol. The fourth-order valence-corrected chi connectivity index (χ4v) is 1.26. The summed E-state index contributed by atoms with van der Waals surface area (Å²) in [7, 11) is 0. The van der Waals surface area contributed by atoms with E-state index in [9.17, 15) is 10.1 Å². The fourth-order valence-electron chi connectivity index (χ4n) is 1.26. The van der Waals surface area contributed by atoms with Crippen LogP contribution in [-0.4, -0.2) is 10.1 Å². The van der Waals surface area contributed by atoms with E-state index in [0.29, 0.717) is 11.1 Å². The van der Waals surface area contributed by atoms with Crippen molar-refractivity contribution in [2.75, 3.05) is 0 Å². The van der Waals surface area contributed by atoms with Gasteiger partial charge in [-0.2, -0.15) is 0 Å². The second-order valence-corrected chi connectivity index (χ2v) is 2.72. The summed E-state index contributed by atoms with van der Waals surface area (Å²) >= 11 is 0. The van der Waals surface area contributed by atoms with Gasteiger partial charge in [-0.3, -0.25) is 10.1 Å². The number of nitro groups is 1. The van der Waals surface area contributed by atoms with Crippen LogP contribution in [0.4, 0.5) is 5.69 Å². The topological polar surface area (TPSA) is 69.2 Å². The average Bonchev–Trinajstić information content (AvgIpc) is 2.52. The summed E-state index contributed by atoms with van der Waals surface area (Å²) in [4.78, 5) is 10.1. The van der Waals surface area contributed by atoms with Gasteiger partial charge in [-0.25, -0.2) is 0 Å². The molecule has 1 aromatic carbocycles. The lowest BCUT2D eigenvalue weighted by Gasteiger charge is -1.95. The maximum absolute atomic E-state index is 10.5. The van der Waals surface area contributed by atoms with E-state index in [0.717, 1.165) is 5.39 Å². The number of benzene rings is 1. The first kappa shape index (κ1) is 7.72. The summed E-state index contributed by atoms with van der Waals surface area (Å²) in [6, 6.07) is 3.08. The third kappa shape index (κ3) is 1.05. The zero-order chi connectivity index (χ0) is 9.42. The molecule has 0 spiro atoms. The van der Waals surface area contributed by atoms with Crippen molar-refractivity contribution in [2.45, 2.75) is 6.92 Å². The van der Waals surface area contributed by atoms with Crippen LogP contribution in [0.5, 0.6) is 0 Å². The number of aryl methyl sites for hydroxylation is 1. The summed E-state index contributed by atoms with van der Waals surface area (Å²) in [6.45, 7) is 1.66. The van der Waals surface area contributed by atoms with Crippen molar-refractivity contribution in [1.82, 2.24) is 5.16 Å². The Morgan fingerprint density at radius 1 is 1.54 bits per heavy atom. The van der Waals surface area contributed by atoms with E-state index in [1.165, 1.54) is 12.3 Å². The number of hydrogen-bond acceptors (Lipinski definition) is 4. The number of hydrogen-bond donors (Lipinski definition) is 0. The highest BCUT2D eigenvalue weighted by Gasteiger charge is 2.14. The Morgan fingerprint density at radius 3 is 3.00 bits per heavy atom. The molecule has 0 bridgehead atoms. The van der Waals surface area contributed by atoms with Crippen LogP contribution in [0.3, 0.4) is 0 Å². The van der Waals surface area contributed by atoms with Crippen LogP contribution < -0.4 is 0 Å². The molecule has 0 saturated carbocycles. The first-order valence-corrected chi connectivity index (χ1v) is 3.68. The molecule has 0 atom stereocenters. The molecule has 0 aliphatic heterocycles. The van der Waals surface area contributed by atoms with Gasteiger partial charge in [0.1, 0.15) is 11.8 Å². The summed E-state index contributed by atoms with van der Waals surface area (Å²) in [5.41, 5.74) is 1.16. The lowest BCUT2D eigenvalue weighted by Crippen LogP contribution is -1.91. The van der Waals surface area contributed by atoms with E-state index in [2.05, 4.69) is 5.16 Å². The quantitative estimate of drug-likeness (QED) is 0.495. The normalized spacial score (nSPS) is 10.5. The molecule has 0 N–H and O–H groups in total. The minimum Gasteiger partial charge on any atom is -0.363 e. The van der Waals surface area contributed by atoms with Crippen LogP contribution in [0.25, 0.3) is 10.9 Å². The van der Waals surface area contributed by atoms with Gasteiger partial charge in [0.2, 0.25) is 0 Å². The van der Waals surface area contributed by atoms with Crippen LogP contribution in [0.15, 0.2) is 22.9 Å². The van der Waals surface area contributed by atoms with Gasteiger partial charge < -0.3 is 4.52 Å². The van der Waals surface area contributed by atoms with Gasteiger partial charge in [-0.05, 0) is 13.0 Å². The molecule has 0 saturated heterocycles. The molecule has 2 rings (SSSR count). The van der Waals surface area contributed by atoms with Crippen molar-refractivity contribution in [3.63, 3.8) is 0 Å². The average molecular weight is 178 g/mol. The summed E-state index contributed by atoms with van der Waals surface area (Å²) in [5.74, 6) is 0. The number of nitro benzene ring substituents is 1. The Labute approximate surface area is 73.1 Å². The zero-order valence-electron chi connectivity index (χ0n) is 6.85. The van der Waals surface area contributed by atoms with E-state index >= 15 is 0 Å². The standard InChI is InChI=1S/C8H6N2O3/c1-5-7(10(11)12)3-2-6-4-13-9-8(5)6/h2-4H,1H3. The van der Waals surface area contributed by atoms with E-state index in [4.69, 9.17) is 4.52 Å². The minimum atomic E-state index is -0.427. The Bertz CT molecular complexity index is 475. The smallest absolute Gasteiger partial charge is 0.274 e. The second-order valence-electron chi connectivity index (χ2n) is 2.72. The number of rotatable bonds is 1. The van der Waals surface area contributed by atoms with Crippen LogP contribution in [-0.2, 0) is 0 Å². The molecule has 1 aromatic heterocycles. The molecule has 0 aliphatic carbocycles. The molecule has 13 heavy (non-hydrogen) atoms. The van der Waals surface area contributed by atoms with Gasteiger partial charge in [-0.1, -0.05) is 5.16 Å². The molecular formula is C8H6N2O3. The summed E-state index contributed by atoms with van der Waals surface area (Å²) < 4.78 is 4.71. The molecule has 0 amide bonds. The van der Waals surface area contributed by atoms with Gasteiger partial charge in [0.15, 0.2) is 0 Å². The molecule has 5 heteroatoms. The van der Waals surface area contributed by atoms with Gasteiger partial charge in [-0.15, -0.1) is 0 Å². The predicted molar refractivity (Wildman–Crippen MR) is 45.4 cm³/mol. The SMILES string of the molecule is Cc1c([N+](=O)[O-])ccc2conc12. The first-order valence-electron chi connectivity index (χ1n) is 3.68. The maximum atomic E-state index is 10.5. The Hall–Kier alpha value is -1.91. The Kier molecular flexibility index (Phi) is 1.51. The Morgan fingerprint density at radius 2 is 2.31 bits per heavy atom.